The molecule has 1 heterocycles. The van der Waals surface area contributed by atoms with Crippen LogP contribution in [0.2, 0.25) is 0 Å². The minimum atomic E-state index is -0.612. The summed E-state index contributed by atoms with van der Waals surface area (Å²) >= 11 is 1.00. The van der Waals surface area contributed by atoms with Crippen LogP contribution in [0.1, 0.15) is 11.1 Å². The molecule has 0 aliphatic carbocycles. The highest BCUT2D eigenvalue weighted by Crippen LogP contribution is 2.28. The van der Waals surface area contributed by atoms with E-state index in [1.165, 1.54) is 13.3 Å². The molecule has 1 aliphatic rings. The summed E-state index contributed by atoms with van der Waals surface area (Å²) in [6.07, 6.45) is 2.63. The largest absolute Gasteiger partial charge is 0.493 e. The lowest BCUT2D eigenvalue weighted by atomic mass is 10.2. The Morgan fingerprint density at radius 3 is 2.67 bits per heavy atom. The van der Waals surface area contributed by atoms with Crippen LogP contribution in [0.4, 0.5) is 0 Å². The highest BCUT2D eigenvalue weighted by Gasteiger charge is 2.25. The van der Waals surface area contributed by atoms with Gasteiger partial charge in [0.2, 0.25) is 0 Å². The molecule has 8 nitrogen and oxygen atoms in total. The zero-order chi connectivity index (χ0) is 21.3. The van der Waals surface area contributed by atoms with Crippen molar-refractivity contribution in [1.82, 2.24) is 5.32 Å². The normalized spacial score (nSPS) is 16.1. The van der Waals surface area contributed by atoms with Crippen LogP contribution in [0.3, 0.4) is 0 Å². The number of rotatable bonds is 7. The number of nitrogens with zero attached hydrogens (tertiary/aromatic N) is 2. The van der Waals surface area contributed by atoms with Crippen molar-refractivity contribution in [2.45, 2.75) is 6.61 Å². The van der Waals surface area contributed by atoms with E-state index >= 15 is 0 Å². The van der Waals surface area contributed by atoms with Gasteiger partial charge >= 0.3 is 5.97 Å². The van der Waals surface area contributed by atoms with Crippen LogP contribution in [0.15, 0.2) is 69.7 Å². The van der Waals surface area contributed by atoms with Gasteiger partial charge < -0.3 is 14.2 Å². The molecule has 30 heavy (non-hydrogen) atoms. The van der Waals surface area contributed by atoms with Crippen LogP contribution in [0, 0.1) is 0 Å². The predicted molar refractivity (Wildman–Crippen MR) is 115 cm³/mol. The third-order valence-electron chi connectivity index (χ3n) is 3.88. The predicted octanol–water partition coefficient (Wildman–Crippen LogP) is 2.88. The summed E-state index contributed by atoms with van der Waals surface area (Å²) in [5, 5.41) is 10.8. The van der Waals surface area contributed by atoms with Gasteiger partial charge in [-0.25, -0.2) is 4.79 Å². The first-order chi connectivity index (χ1) is 14.6. The van der Waals surface area contributed by atoms with Gasteiger partial charge in [-0.1, -0.05) is 30.3 Å². The molecule has 0 unspecified atom stereocenters. The summed E-state index contributed by atoms with van der Waals surface area (Å²) in [6, 6.07) is 15.2. The molecule has 1 fully saturated rings. The van der Waals surface area contributed by atoms with Gasteiger partial charge in [-0.2, -0.15) is 5.10 Å². The second-order valence-corrected chi connectivity index (χ2v) is 6.95. The van der Waals surface area contributed by atoms with E-state index in [0.29, 0.717) is 18.1 Å². The average molecular weight is 425 g/mol. The molecule has 0 bridgehead atoms. The molecular weight excluding hydrogens is 406 g/mol. The van der Waals surface area contributed by atoms with Crippen molar-refractivity contribution < 1.29 is 23.8 Å². The Hall–Kier alpha value is -3.59. The summed E-state index contributed by atoms with van der Waals surface area (Å²) in [7, 11) is 2.81. The van der Waals surface area contributed by atoms with E-state index in [4.69, 9.17) is 9.47 Å². The van der Waals surface area contributed by atoms with E-state index in [1.807, 2.05) is 30.3 Å². The molecule has 0 radical (unpaired) electrons. The maximum Gasteiger partial charge on any atom is 0.331 e. The van der Waals surface area contributed by atoms with Crippen molar-refractivity contribution >= 4 is 35.0 Å². The number of methoxy groups -OCH3 is 2. The summed E-state index contributed by atoms with van der Waals surface area (Å²) in [6.45, 7) is 0.401. The molecule has 2 aromatic rings. The number of amidine groups is 1. The first-order valence-electron chi connectivity index (χ1n) is 8.83. The van der Waals surface area contributed by atoms with Gasteiger partial charge in [0, 0.05) is 6.08 Å². The quantitative estimate of drug-likeness (QED) is 0.317. The van der Waals surface area contributed by atoms with Crippen LogP contribution >= 0.6 is 11.8 Å². The van der Waals surface area contributed by atoms with Gasteiger partial charge in [0.05, 0.1) is 25.3 Å². The SMILES string of the molecule is COC(=O)/C=C1/S/C(=N\N=Cc2ccc(OC)c(OCc3ccccc3)c2)NC1=O. The third-order valence-corrected chi connectivity index (χ3v) is 4.78. The van der Waals surface area contributed by atoms with E-state index in [9.17, 15) is 9.59 Å². The van der Waals surface area contributed by atoms with Gasteiger partial charge in [-0.05, 0) is 41.1 Å². The van der Waals surface area contributed by atoms with Crippen molar-refractivity contribution in [1.29, 1.82) is 0 Å². The zero-order valence-corrected chi connectivity index (χ0v) is 17.1. The molecule has 154 valence electrons. The standard InChI is InChI=1S/C21H19N3O5S/c1-27-16-9-8-15(10-17(16)29-13-14-6-4-3-5-7-14)12-22-24-21-23-20(26)18(30-21)11-19(25)28-2/h3-12H,13H2,1-2H3,(H,23,24,26)/b18-11+,22-12?. The highest BCUT2D eigenvalue weighted by molar-refractivity contribution is 8.18. The Balaban J connectivity index is 1.68. The summed E-state index contributed by atoms with van der Waals surface area (Å²) in [5.41, 5.74) is 1.78. The van der Waals surface area contributed by atoms with E-state index in [2.05, 4.69) is 20.3 Å². The maximum absolute atomic E-state index is 11.8. The zero-order valence-electron chi connectivity index (χ0n) is 16.3. The molecule has 2 aromatic carbocycles. The number of esters is 1. The smallest absolute Gasteiger partial charge is 0.331 e. The fourth-order valence-electron chi connectivity index (χ4n) is 2.41. The van der Waals surface area contributed by atoms with Gasteiger partial charge in [0.15, 0.2) is 16.7 Å². The lowest BCUT2D eigenvalue weighted by molar-refractivity contribution is -0.135. The lowest BCUT2D eigenvalue weighted by Gasteiger charge is -2.11. The molecule has 1 N–H and O–H groups in total. The molecule has 3 rings (SSSR count). The minimum Gasteiger partial charge on any atom is -0.493 e. The van der Waals surface area contributed by atoms with E-state index < -0.39 is 11.9 Å². The number of nitrogens with one attached hydrogen (secondary N) is 1. The second-order valence-electron chi connectivity index (χ2n) is 5.92. The summed E-state index contributed by atoms with van der Waals surface area (Å²) in [5.74, 6) is 0.134. The first-order valence-corrected chi connectivity index (χ1v) is 9.65. The Labute approximate surface area is 177 Å². The lowest BCUT2D eigenvalue weighted by Crippen LogP contribution is -2.19. The monoisotopic (exact) mass is 425 g/mol. The van der Waals surface area contributed by atoms with E-state index in [0.717, 1.165) is 29.0 Å². The van der Waals surface area contributed by atoms with E-state index in [-0.39, 0.29) is 10.1 Å². The maximum atomic E-state index is 11.8. The van der Waals surface area contributed by atoms with Crippen LogP contribution < -0.4 is 14.8 Å². The number of ether oxygens (including phenoxy) is 3. The van der Waals surface area contributed by atoms with Crippen LogP contribution in [0.25, 0.3) is 0 Å². The molecule has 0 spiro atoms. The Morgan fingerprint density at radius 1 is 1.13 bits per heavy atom. The fourth-order valence-corrected chi connectivity index (χ4v) is 3.15. The number of carbonyl (C=O) groups excluding carboxylic acids is 2. The van der Waals surface area contributed by atoms with Crippen molar-refractivity contribution in [3.8, 4) is 11.5 Å². The van der Waals surface area contributed by atoms with Crippen LogP contribution in [-0.2, 0) is 20.9 Å². The molecule has 0 aromatic heterocycles. The average Bonchev–Trinajstić information content (AvgIpc) is 3.11. The number of carbonyl (C=O) groups is 2. The number of benzene rings is 2. The van der Waals surface area contributed by atoms with Crippen molar-refractivity contribution in [3.05, 3.63) is 70.6 Å². The first kappa shape index (κ1) is 21.1. The second kappa shape index (κ2) is 10.3. The molecule has 1 saturated heterocycles. The third kappa shape index (κ3) is 5.71. The molecule has 0 atom stereocenters. The van der Waals surface area contributed by atoms with Crippen LogP contribution in [-0.4, -0.2) is 37.5 Å². The van der Waals surface area contributed by atoms with Gasteiger partial charge in [0.1, 0.15) is 6.61 Å². The van der Waals surface area contributed by atoms with E-state index in [1.54, 1.807) is 25.3 Å². The summed E-state index contributed by atoms with van der Waals surface area (Å²) < 4.78 is 15.7. The fraction of sp³-hybridized carbons (Fsp3) is 0.143. The molecule has 9 heteroatoms. The Kier molecular flexibility index (Phi) is 7.23. The van der Waals surface area contributed by atoms with Crippen LogP contribution in [0.5, 0.6) is 11.5 Å². The van der Waals surface area contributed by atoms with Crippen molar-refractivity contribution in [2.75, 3.05) is 14.2 Å². The molecule has 0 saturated carbocycles. The molecular formula is C21H19N3O5S. The number of thioether (sulfide) groups is 1. The van der Waals surface area contributed by atoms with Crippen molar-refractivity contribution in [3.63, 3.8) is 0 Å². The van der Waals surface area contributed by atoms with Gasteiger partial charge in [0.25, 0.3) is 5.91 Å². The number of amides is 1. The topological polar surface area (TPSA) is 98.6 Å². The van der Waals surface area contributed by atoms with Gasteiger partial charge in [-0.3, -0.25) is 10.1 Å². The molecule has 1 amide bonds. The minimum absolute atomic E-state index is 0.192. The number of hydrogen-bond acceptors (Lipinski definition) is 8. The Morgan fingerprint density at radius 2 is 1.93 bits per heavy atom. The highest BCUT2D eigenvalue weighted by atomic mass is 32.2. The van der Waals surface area contributed by atoms with Gasteiger partial charge in [-0.15, -0.1) is 5.10 Å². The number of hydrogen-bond donors (Lipinski definition) is 1. The van der Waals surface area contributed by atoms with Crippen molar-refractivity contribution in [2.24, 2.45) is 10.2 Å². The molecule has 1 aliphatic heterocycles. The Bertz CT molecular complexity index is 1020. The summed E-state index contributed by atoms with van der Waals surface area (Å²) in [4.78, 5) is 23.3.